The number of hydrogen-bond donors (Lipinski definition) is 2. The molecule has 2 saturated heterocycles. The van der Waals surface area contributed by atoms with Crippen LogP contribution in [0.5, 0.6) is 0 Å². The highest BCUT2D eigenvalue weighted by Gasteiger charge is 2.46. The van der Waals surface area contributed by atoms with Gasteiger partial charge in [0.15, 0.2) is 0 Å². The Morgan fingerprint density at radius 3 is 2.65 bits per heavy atom. The van der Waals surface area contributed by atoms with Crippen molar-refractivity contribution in [2.24, 2.45) is 5.92 Å². The van der Waals surface area contributed by atoms with Crippen molar-refractivity contribution < 1.29 is 9.59 Å². The van der Waals surface area contributed by atoms with Gasteiger partial charge in [0.1, 0.15) is 5.66 Å². The summed E-state index contributed by atoms with van der Waals surface area (Å²) in [5.41, 5.74) is 3.52. The third-order valence-corrected chi connectivity index (χ3v) is 5.03. The number of halogens is 1. The maximum atomic E-state index is 12.3. The molecule has 2 heterocycles. The predicted octanol–water partition coefficient (Wildman–Crippen LogP) is 2.10. The second-order valence-electron chi connectivity index (χ2n) is 6.54. The van der Waals surface area contributed by atoms with Gasteiger partial charge in [-0.25, -0.2) is 15.2 Å². The summed E-state index contributed by atoms with van der Waals surface area (Å²) in [7, 11) is 0. The van der Waals surface area contributed by atoms with Crippen molar-refractivity contribution in [3.63, 3.8) is 0 Å². The van der Waals surface area contributed by atoms with Crippen molar-refractivity contribution in [3.8, 4) is 0 Å². The number of carbonyl (C=O) groups is 2. The van der Waals surface area contributed by atoms with E-state index in [1.165, 1.54) is 5.01 Å². The first-order valence-electron chi connectivity index (χ1n) is 8.01. The van der Waals surface area contributed by atoms with Crippen molar-refractivity contribution >= 4 is 29.2 Å². The number of hydrazine groups is 1. The topological polar surface area (TPSA) is 64.7 Å². The summed E-state index contributed by atoms with van der Waals surface area (Å²) in [6, 6.07) is 6.99. The largest absolute Gasteiger partial charge is 0.342 e. The van der Waals surface area contributed by atoms with Crippen LogP contribution < -0.4 is 15.8 Å². The molecule has 1 aromatic carbocycles. The Balaban J connectivity index is 1.45. The van der Waals surface area contributed by atoms with E-state index in [2.05, 4.69) is 10.7 Å². The third-order valence-electron chi connectivity index (χ3n) is 4.80. The molecule has 7 heteroatoms. The molecule has 3 aliphatic rings. The molecule has 122 valence electrons. The smallest absolute Gasteiger partial charge is 0.338 e. The average molecular weight is 335 g/mol. The SMILES string of the molecule is O=C(C1CC1)N1CCC2(CC1)NC(=O)N(c1cccc(Cl)c1)N2. The second kappa shape index (κ2) is 5.39. The standard InChI is InChI=1S/C16H19ClN4O2/c17-12-2-1-3-13(10-12)21-15(23)18-16(19-21)6-8-20(9-7-16)14(22)11-4-5-11/h1-3,10-11,19H,4-9H2,(H,18,23). The van der Waals surface area contributed by atoms with Crippen LogP contribution in [0.15, 0.2) is 24.3 Å². The molecule has 1 aliphatic carbocycles. The van der Waals surface area contributed by atoms with Gasteiger partial charge in [-0.3, -0.25) is 4.79 Å². The van der Waals surface area contributed by atoms with E-state index in [4.69, 9.17) is 11.6 Å². The quantitative estimate of drug-likeness (QED) is 0.870. The molecule has 0 aromatic heterocycles. The molecule has 4 rings (SSSR count). The summed E-state index contributed by atoms with van der Waals surface area (Å²) in [5, 5.41) is 5.13. The Labute approximate surface area is 139 Å². The number of likely N-dealkylation sites (tertiary alicyclic amines) is 1. The first-order valence-corrected chi connectivity index (χ1v) is 8.39. The molecule has 0 bridgehead atoms. The molecule has 1 saturated carbocycles. The van der Waals surface area contributed by atoms with Gasteiger partial charge in [0.2, 0.25) is 5.91 Å². The number of hydrogen-bond acceptors (Lipinski definition) is 3. The lowest BCUT2D eigenvalue weighted by Gasteiger charge is -2.39. The molecule has 0 atom stereocenters. The van der Waals surface area contributed by atoms with Gasteiger partial charge in [-0.05, 0) is 31.0 Å². The van der Waals surface area contributed by atoms with E-state index in [0.29, 0.717) is 36.6 Å². The van der Waals surface area contributed by atoms with E-state index in [1.807, 2.05) is 17.0 Å². The first kappa shape index (κ1) is 14.8. The van der Waals surface area contributed by atoms with Gasteiger partial charge in [0.25, 0.3) is 0 Å². The predicted molar refractivity (Wildman–Crippen MR) is 86.9 cm³/mol. The van der Waals surface area contributed by atoms with E-state index < -0.39 is 5.66 Å². The van der Waals surface area contributed by atoms with Gasteiger partial charge in [0.05, 0.1) is 5.69 Å². The fourth-order valence-electron chi connectivity index (χ4n) is 3.28. The molecule has 0 unspecified atom stereocenters. The zero-order chi connectivity index (χ0) is 16.0. The maximum absolute atomic E-state index is 12.3. The van der Waals surface area contributed by atoms with Crippen LogP contribution >= 0.6 is 11.6 Å². The van der Waals surface area contributed by atoms with Gasteiger partial charge in [0, 0.05) is 36.9 Å². The Morgan fingerprint density at radius 1 is 1.26 bits per heavy atom. The number of amides is 3. The van der Waals surface area contributed by atoms with E-state index in [9.17, 15) is 9.59 Å². The summed E-state index contributed by atoms with van der Waals surface area (Å²) in [4.78, 5) is 26.4. The fourth-order valence-corrected chi connectivity index (χ4v) is 3.47. The van der Waals surface area contributed by atoms with E-state index >= 15 is 0 Å². The summed E-state index contributed by atoms with van der Waals surface area (Å²) in [6.07, 6.45) is 3.46. The molecule has 3 fully saturated rings. The molecule has 1 aromatic rings. The number of benzene rings is 1. The van der Waals surface area contributed by atoms with Gasteiger partial charge >= 0.3 is 6.03 Å². The maximum Gasteiger partial charge on any atom is 0.338 e. The summed E-state index contributed by atoms with van der Waals surface area (Å²) in [6.45, 7) is 1.35. The second-order valence-corrected chi connectivity index (χ2v) is 6.98. The number of nitrogens with one attached hydrogen (secondary N) is 2. The zero-order valence-corrected chi connectivity index (χ0v) is 13.5. The summed E-state index contributed by atoms with van der Waals surface area (Å²) < 4.78 is 0. The molecule has 3 amide bonds. The minimum atomic E-state index is -0.472. The van der Waals surface area contributed by atoms with Gasteiger partial charge in [-0.15, -0.1) is 0 Å². The number of carbonyl (C=O) groups excluding carboxylic acids is 2. The lowest BCUT2D eigenvalue weighted by atomic mass is 9.97. The molecule has 1 spiro atoms. The minimum absolute atomic E-state index is 0.186. The van der Waals surface area contributed by atoms with E-state index in [-0.39, 0.29) is 17.9 Å². The molecule has 23 heavy (non-hydrogen) atoms. The molecule has 2 aliphatic heterocycles. The highest BCUT2D eigenvalue weighted by Crippen LogP contribution is 2.34. The van der Waals surface area contributed by atoms with Crippen LogP contribution in [0.3, 0.4) is 0 Å². The molecular formula is C16H19ClN4O2. The Hall–Kier alpha value is -1.79. The number of anilines is 1. The van der Waals surface area contributed by atoms with Crippen LogP contribution in [0.25, 0.3) is 0 Å². The Bertz CT molecular complexity index is 653. The van der Waals surface area contributed by atoms with Gasteiger partial charge in [-0.2, -0.15) is 0 Å². The number of rotatable bonds is 2. The van der Waals surface area contributed by atoms with Crippen LogP contribution in [0.2, 0.25) is 5.02 Å². The van der Waals surface area contributed by atoms with Crippen LogP contribution in [-0.4, -0.2) is 35.6 Å². The summed E-state index contributed by atoms with van der Waals surface area (Å²) >= 11 is 6.01. The lowest BCUT2D eigenvalue weighted by Crippen LogP contribution is -2.58. The van der Waals surface area contributed by atoms with Crippen molar-refractivity contribution in [1.82, 2.24) is 15.6 Å². The van der Waals surface area contributed by atoms with Crippen molar-refractivity contribution in [2.45, 2.75) is 31.3 Å². The zero-order valence-electron chi connectivity index (χ0n) is 12.7. The normalized spacial score (nSPS) is 23.3. The number of urea groups is 1. The minimum Gasteiger partial charge on any atom is -0.342 e. The molecule has 2 N–H and O–H groups in total. The highest BCUT2D eigenvalue weighted by atomic mass is 35.5. The van der Waals surface area contributed by atoms with Crippen LogP contribution in [0.1, 0.15) is 25.7 Å². The monoisotopic (exact) mass is 334 g/mol. The van der Waals surface area contributed by atoms with Crippen LogP contribution in [0.4, 0.5) is 10.5 Å². The van der Waals surface area contributed by atoms with Gasteiger partial charge < -0.3 is 10.2 Å². The molecular weight excluding hydrogens is 316 g/mol. The Kier molecular flexibility index (Phi) is 3.46. The van der Waals surface area contributed by atoms with Crippen molar-refractivity contribution in [2.75, 3.05) is 18.1 Å². The van der Waals surface area contributed by atoms with Gasteiger partial charge in [-0.1, -0.05) is 17.7 Å². The third kappa shape index (κ3) is 2.77. The fraction of sp³-hybridized carbons (Fsp3) is 0.500. The Morgan fingerprint density at radius 2 is 2.00 bits per heavy atom. The lowest BCUT2D eigenvalue weighted by molar-refractivity contribution is -0.134. The van der Waals surface area contributed by atoms with E-state index in [0.717, 1.165) is 12.8 Å². The molecule has 6 nitrogen and oxygen atoms in total. The number of nitrogens with zero attached hydrogens (tertiary/aromatic N) is 2. The molecule has 0 radical (unpaired) electrons. The van der Waals surface area contributed by atoms with Crippen molar-refractivity contribution in [1.29, 1.82) is 0 Å². The van der Waals surface area contributed by atoms with Crippen LogP contribution in [0, 0.1) is 5.92 Å². The summed E-state index contributed by atoms with van der Waals surface area (Å²) in [5.74, 6) is 0.522. The van der Waals surface area contributed by atoms with Crippen molar-refractivity contribution in [3.05, 3.63) is 29.3 Å². The average Bonchev–Trinajstić information content (AvgIpc) is 3.33. The van der Waals surface area contributed by atoms with E-state index in [1.54, 1.807) is 12.1 Å². The highest BCUT2D eigenvalue weighted by molar-refractivity contribution is 6.30. The van der Waals surface area contributed by atoms with Crippen LogP contribution in [-0.2, 0) is 4.79 Å². The first-order chi connectivity index (χ1) is 11.1. The number of piperidine rings is 1.